The van der Waals surface area contributed by atoms with Gasteiger partial charge < -0.3 is 4.74 Å². The van der Waals surface area contributed by atoms with Crippen molar-refractivity contribution in [3.8, 4) is 0 Å². The number of hydrogen-bond donors (Lipinski definition) is 0. The van der Waals surface area contributed by atoms with E-state index in [0.717, 1.165) is 28.9 Å². The molecule has 224 valence electrons. The van der Waals surface area contributed by atoms with E-state index in [4.69, 9.17) is 4.74 Å². The molecule has 9 atom stereocenters. The summed E-state index contributed by atoms with van der Waals surface area (Å²) in [5.41, 5.74) is 2.13. The van der Waals surface area contributed by atoms with E-state index in [9.17, 15) is 28.8 Å². The van der Waals surface area contributed by atoms with Crippen molar-refractivity contribution in [2.45, 2.75) is 52.0 Å². The van der Waals surface area contributed by atoms with Gasteiger partial charge in [0.05, 0.1) is 23.7 Å². The second-order valence-electron chi connectivity index (χ2n) is 13.2. The van der Waals surface area contributed by atoms with Crippen molar-refractivity contribution >= 4 is 35.4 Å². The number of esters is 1. The molecular formula is C34H36N2O7. The Morgan fingerprint density at radius 2 is 1.33 bits per heavy atom. The number of ketones is 1. The molecule has 2 saturated heterocycles. The molecule has 4 fully saturated rings. The van der Waals surface area contributed by atoms with E-state index in [1.807, 2.05) is 38.1 Å². The molecule has 0 N–H and O–H groups in total. The van der Waals surface area contributed by atoms with Crippen molar-refractivity contribution in [3.63, 3.8) is 0 Å². The van der Waals surface area contributed by atoms with Gasteiger partial charge in [0.25, 0.3) is 0 Å². The second kappa shape index (κ2) is 10.4. The van der Waals surface area contributed by atoms with Crippen LogP contribution >= 0.6 is 0 Å². The molecule has 4 aliphatic carbocycles. The molecule has 0 unspecified atom stereocenters. The topological polar surface area (TPSA) is 118 Å². The van der Waals surface area contributed by atoms with Gasteiger partial charge in [0.1, 0.15) is 6.04 Å². The van der Waals surface area contributed by atoms with Gasteiger partial charge in [-0.3, -0.25) is 33.8 Å². The molecule has 9 nitrogen and oxygen atoms in total. The standard InChI is InChI=1S/C34H36N2O7/c1-17-6-7-18(2)23(13-17)25(37)16-43-34(42)24(36-32(40)28-21-10-11-22(15-21)29(28)33(36)41)5-3-4-12-35-30(38)26-19-8-9-20(14-19)27(26)31(35)39/h6-11,13,19-22,24,26-29H,3-5,12,14-16H2,1-2H3/t19-,20-,21-,22-,24-,26+,27+,28-,29+/m0/s1. The Bertz CT molecular complexity index is 1450. The fraction of sp³-hybridized carbons (Fsp3) is 0.529. The van der Waals surface area contributed by atoms with Gasteiger partial charge in [-0.1, -0.05) is 42.0 Å². The highest BCUT2D eigenvalue weighted by atomic mass is 16.5. The van der Waals surface area contributed by atoms with E-state index >= 15 is 0 Å². The smallest absolute Gasteiger partial charge is 0.329 e. The average Bonchev–Trinajstić information content (AvgIpc) is 3.84. The van der Waals surface area contributed by atoms with E-state index in [0.29, 0.717) is 18.4 Å². The number of hydrogen-bond acceptors (Lipinski definition) is 7. The van der Waals surface area contributed by atoms with Gasteiger partial charge >= 0.3 is 5.97 Å². The predicted molar refractivity (Wildman–Crippen MR) is 153 cm³/mol. The number of rotatable bonds is 10. The SMILES string of the molecule is Cc1ccc(C)c(C(=O)COC(=O)[C@H](CCCCN2C(=O)[C@H]3[C@H](C2=O)[C@H]2C=C[C@H]3C2)N2C(=O)[C@@H]3[C@H](C2=O)[C@H]2C=C[C@H]3C2)c1. The summed E-state index contributed by atoms with van der Waals surface area (Å²) in [6, 6.07) is 4.31. The van der Waals surface area contributed by atoms with Crippen LogP contribution in [0.5, 0.6) is 0 Å². The number of carbonyl (C=O) groups is 6. The molecule has 0 spiro atoms. The molecule has 9 heteroatoms. The molecule has 1 aromatic carbocycles. The first-order valence-electron chi connectivity index (χ1n) is 15.5. The summed E-state index contributed by atoms with van der Waals surface area (Å²) < 4.78 is 5.49. The summed E-state index contributed by atoms with van der Waals surface area (Å²) in [6.07, 6.45) is 10.7. The van der Waals surface area contributed by atoms with E-state index in [1.165, 1.54) is 4.90 Å². The van der Waals surface area contributed by atoms with Crippen LogP contribution in [0.25, 0.3) is 0 Å². The minimum Gasteiger partial charge on any atom is -0.456 e. The first-order valence-corrected chi connectivity index (χ1v) is 15.5. The number of ether oxygens (including phenoxy) is 1. The Kier molecular flexibility index (Phi) is 6.74. The Morgan fingerprint density at radius 1 is 0.791 bits per heavy atom. The lowest BCUT2D eigenvalue weighted by Gasteiger charge is -2.26. The quantitative estimate of drug-likeness (QED) is 0.136. The van der Waals surface area contributed by atoms with Gasteiger partial charge in [-0.05, 0) is 81.3 Å². The largest absolute Gasteiger partial charge is 0.456 e. The molecule has 2 aliphatic heterocycles. The number of benzene rings is 1. The molecule has 4 amide bonds. The number of carbonyl (C=O) groups excluding carboxylic acids is 6. The number of allylic oxidation sites excluding steroid dienone is 4. The van der Waals surface area contributed by atoms with Crippen LogP contribution in [0.1, 0.15) is 53.6 Å². The normalized spacial score (nSPS) is 33.6. The maximum Gasteiger partial charge on any atom is 0.329 e. The minimum absolute atomic E-state index is 0.00424. The zero-order chi connectivity index (χ0) is 30.2. The molecule has 43 heavy (non-hydrogen) atoms. The maximum atomic E-state index is 13.6. The summed E-state index contributed by atoms with van der Waals surface area (Å²) in [5, 5.41) is 0. The van der Waals surface area contributed by atoms with Crippen LogP contribution in [-0.2, 0) is 28.7 Å². The Balaban J connectivity index is 1.03. The summed E-state index contributed by atoms with van der Waals surface area (Å²) in [7, 11) is 0. The number of nitrogens with zero attached hydrogens (tertiary/aromatic N) is 2. The molecule has 2 heterocycles. The van der Waals surface area contributed by atoms with Crippen molar-refractivity contribution in [1.29, 1.82) is 0 Å². The van der Waals surface area contributed by atoms with Gasteiger partial charge in [0.2, 0.25) is 29.4 Å². The fourth-order valence-electron chi connectivity index (χ4n) is 8.72. The molecule has 6 aliphatic rings. The third-order valence-electron chi connectivity index (χ3n) is 10.8. The number of unbranched alkanes of at least 4 members (excludes halogenated alkanes) is 1. The maximum absolute atomic E-state index is 13.6. The van der Waals surface area contributed by atoms with Crippen LogP contribution in [0.4, 0.5) is 0 Å². The highest BCUT2D eigenvalue weighted by molar-refractivity contribution is 6.09. The van der Waals surface area contributed by atoms with Gasteiger partial charge in [0.15, 0.2) is 6.61 Å². The summed E-state index contributed by atoms with van der Waals surface area (Å²) in [4.78, 5) is 82.2. The van der Waals surface area contributed by atoms with Crippen LogP contribution in [0.3, 0.4) is 0 Å². The molecule has 7 rings (SSSR count). The van der Waals surface area contributed by atoms with Crippen molar-refractivity contribution < 1.29 is 33.5 Å². The van der Waals surface area contributed by atoms with Gasteiger partial charge in [-0.15, -0.1) is 0 Å². The second-order valence-corrected chi connectivity index (χ2v) is 13.2. The van der Waals surface area contributed by atoms with Gasteiger partial charge in [0, 0.05) is 12.1 Å². The molecule has 0 radical (unpaired) electrons. The van der Waals surface area contributed by atoms with Crippen molar-refractivity contribution in [3.05, 3.63) is 59.2 Å². The van der Waals surface area contributed by atoms with Gasteiger partial charge in [-0.25, -0.2) is 4.79 Å². The number of fused-ring (bicyclic) bond motifs is 10. The van der Waals surface area contributed by atoms with Crippen LogP contribution in [0.2, 0.25) is 0 Å². The number of aryl methyl sites for hydroxylation is 2. The predicted octanol–water partition coefficient (Wildman–Crippen LogP) is 3.18. The molecule has 0 aromatic heterocycles. The fourth-order valence-corrected chi connectivity index (χ4v) is 8.72. The monoisotopic (exact) mass is 584 g/mol. The molecule has 1 aromatic rings. The first-order chi connectivity index (χ1) is 20.7. The van der Waals surface area contributed by atoms with E-state index < -0.39 is 30.5 Å². The van der Waals surface area contributed by atoms with Crippen LogP contribution in [0.15, 0.2) is 42.5 Å². The lowest BCUT2D eigenvalue weighted by molar-refractivity contribution is -0.159. The lowest BCUT2D eigenvalue weighted by Crippen LogP contribution is -2.47. The van der Waals surface area contributed by atoms with Crippen LogP contribution in [-0.4, -0.2) is 64.4 Å². The zero-order valence-electron chi connectivity index (χ0n) is 24.4. The van der Waals surface area contributed by atoms with Crippen molar-refractivity contribution in [1.82, 2.24) is 9.80 Å². The van der Waals surface area contributed by atoms with Crippen LogP contribution in [0, 0.1) is 61.2 Å². The number of likely N-dealkylation sites (tertiary alicyclic amines) is 2. The minimum atomic E-state index is -1.17. The van der Waals surface area contributed by atoms with E-state index in [-0.39, 0.29) is 77.9 Å². The molecule has 4 bridgehead atoms. The summed E-state index contributed by atoms with van der Waals surface area (Å²) in [6.45, 7) is 3.42. The van der Waals surface area contributed by atoms with Gasteiger partial charge in [-0.2, -0.15) is 0 Å². The van der Waals surface area contributed by atoms with Crippen molar-refractivity contribution in [2.24, 2.45) is 47.3 Å². The van der Waals surface area contributed by atoms with Crippen LogP contribution < -0.4 is 0 Å². The number of Topliss-reactive ketones (excluding diaryl/α,β-unsaturated/α-hetero) is 1. The third-order valence-corrected chi connectivity index (χ3v) is 10.8. The summed E-state index contributed by atoms with van der Waals surface area (Å²) in [5.74, 6) is -3.26. The lowest BCUT2D eigenvalue weighted by atomic mass is 9.85. The number of imide groups is 2. The Hall–Kier alpha value is -3.88. The molecule has 2 saturated carbocycles. The average molecular weight is 585 g/mol. The highest BCUT2D eigenvalue weighted by Crippen LogP contribution is 2.54. The zero-order valence-corrected chi connectivity index (χ0v) is 24.4. The van der Waals surface area contributed by atoms with E-state index in [2.05, 4.69) is 12.2 Å². The Morgan fingerprint density at radius 3 is 1.88 bits per heavy atom. The first kappa shape index (κ1) is 27.9. The summed E-state index contributed by atoms with van der Waals surface area (Å²) >= 11 is 0. The number of amides is 4. The Labute approximate surface area is 250 Å². The van der Waals surface area contributed by atoms with E-state index in [1.54, 1.807) is 6.07 Å². The molecular weight excluding hydrogens is 548 g/mol. The third kappa shape index (κ3) is 4.33. The highest BCUT2D eigenvalue weighted by Gasteiger charge is 2.61. The van der Waals surface area contributed by atoms with Crippen molar-refractivity contribution in [2.75, 3.05) is 13.2 Å².